The largest absolute Gasteiger partial charge is 0.293 e. The van der Waals surface area contributed by atoms with Gasteiger partial charge in [-0.15, -0.1) is 0 Å². The van der Waals surface area contributed by atoms with Gasteiger partial charge in [-0.05, 0) is 42.7 Å². The average Bonchev–Trinajstić information content (AvgIpc) is 2.96. The van der Waals surface area contributed by atoms with Gasteiger partial charge in [0.15, 0.2) is 0 Å². The normalized spacial score (nSPS) is 14.4. The van der Waals surface area contributed by atoms with E-state index in [-0.39, 0.29) is 0 Å². The Morgan fingerprint density at radius 1 is 0.905 bits per heavy atom. The summed E-state index contributed by atoms with van der Waals surface area (Å²) in [5, 5.41) is 0. The molecule has 1 aliphatic carbocycles. The molecule has 21 heavy (non-hydrogen) atoms. The Bertz CT molecular complexity index is 838. The van der Waals surface area contributed by atoms with Crippen LogP contribution in [0, 0.1) is 0 Å². The van der Waals surface area contributed by atoms with Crippen LogP contribution in [0.3, 0.4) is 0 Å². The van der Waals surface area contributed by atoms with Crippen LogP contribution in [-0.4, -0.2) is 9.55 Å². The lowest BCUT2D eigenvalue weighted by molar-refractivity contribution is 0.982. The molecule has 2 nitrogen and oxygen atoms in total. The molecule has 4 rings (SSSR count). The molecule has 0 N–H and O–H groups in total. The Morgan fingerprint density at radius 2 is 1.71 bits per heavy atom. The summed E-state index contributed by atoms with van der Waals surface area (Å²) in [7, 11) is 0. The Morgan fingerprint density at radius 3 is 2.52 bits per heavy atom. The fourth-order valence-corrected chi connectivity index (χ4v) is 2.87. The number of imidazole rings is 1. The van der Waals surface area contributed by atoms with Crippen LogP contribution in [0.15, 0.2) is 72.8 Å². The molecular weight excluding hydrogens is 256 g/mol. The van der Waals surface area contributed by atoms with Crippen molar-refractivity contribution in [2.75, 3.05) is 0 Å². The zero-order valence-corrected chi connectivity index (χ0v) is 11.7. The van der Waals surface area contributed by atoms with Crippen LogP contribution in [0.1, 0.15) is 18.7 Å². The highest BCUT2D eigenvalue weighted by atomic mass is 15.1. The first-order chi connectivity index (χ1) is 10.4. The van der Waals surface area contributed by atoms with Crippen LogP contribution in [-0.2, 0) is 0 Å². The molecular formula is C19H16N2. The highest BCUT2D eigenvalue weighted by Crippen LogP contribution is 2.29. The highest BCUT2D eigenvalue weighted by Gasteiger charge is 2.15. The molecule has 3 aromatic rings. The fraction of sp³-hybridized carbons (Fsp3) is 0.105. The number of aromatic nitrogens is 2. The minimum atomic E-state index is 1.05. The molecule has 0 saturated heterocycles. The third kappa shape index (κ3) is 2.09. The number of fused-ring (bicyclic) bond motifs is 1. The second kappa shape index (κ2) is 5.06. The molecule has 1 aromatic heterocycles. The van der Waals surface area contributed by atoms with E-state index < -0.39 is 0 Å². The number of para-hydroxylation sites is 3. The zero-order chi connectivity index (χ0) is 14.1. The van der Waals surface area contributed by atoms with E-state index in [1.54, 1.807) is 0 Å². The van der Waals surface area contributed by atoms with Gasteiger partial charge in [0.1, 0.15) is 5.82 Å². The van der Waals surface area contributed by atoms with Crippen LogP contribution in [0.4, 0.5) is 0 Å². The summed E-state index contributed by atoms with van der Waals surface area (Å²) >= 11 is 0. The quantitative estimate of drug-likeness (QED) is 0.657. The van der Waals surface area contributed by atoms with Crippen LogP contribution < -0.4 is 0 Å². The minimum Gasteiger partial charge on any atom is -0.293 e. The number of hydrogen-bond acceptors (Lipinski definition) is 1. The fourth-order valence-electron chi connectivity index (χ4n) is 2.87. The lowest BCUT2D eigenvalue weighted by Crippen LogP contribution is -2.01. The zero-order valence-electron chi connectivity index (χ0n) is 11.7. The molecule has 0 spiro atoms. The summed E-state index contributed by atoms with van der Waals surface area (Å²) in [5.41, 5.74) is 4.68. The predicted octanol–water partition coefficient (Wildman–Crippen LogP) is 4.76. The third-order valence-corrected chi connectivity index (χ3v) is 3.88. The maximum Gasteiger partial charge on any atom is 0.141 e. The first-order valence-electron chi connectivity index (χ1n) is 7.32. The van der Waals surface area contributed by atoms with E-state index in [2.05, 4.69) is 65.3 Å². The number of nitrogens with zero attached hydrogens (tertiary/aromatic N) is 2. The maximum absolute atomic E-state index is 4.87. The van der Waals surface area contributed by atoms with Gasteiger partial charge in [-0.3, -0.25) is 4.57 Å². The van der Waals surface area contributed by atoms with E-state index in [9.17, 15) is 0 Å². The minimum absolute atomic E-state index is 1.05. The molecule has 2 heteroatoms. The van der Waals surface area contributed by atoms with Crippen molar-refractivity contribution in [1.29, 1.82) is 0 Å². The van der Waals surface area contributed by atoms with Crippen molar-refractivity contribution in [3.8, 4) is 5.69 Å². The summed E-state index contributed by atoms with van der Waals surface area (Å²) in [6.07, 6.45) is 8.66. The summed E-state index contributed by atoms with van der Waals surface area (Å²) < 4.78 is 2.26. The van der Waals surface area contributed by atoms with E-state index in [4.69, 9.17) is 4.98 Å². The van der Waals surface area contributed by atoms with Gasteiger partial charge in [0, 0.05) is 5.69 Å². The monoisotopic (exact) mass is 272 g/mol. The van der Waals surface area contributed by atoms with E-state index >= 15 is 0 Å². The highest BCUT2D eigenvalue weighted by molar-refractivity contribution is 5.82. The molecule has 0 atom stereocenters. The summed E-state index contributed by atoms with van der Waals surface area (Å²) in [6, 6.07) is 18.8. The van der Waals surface area contributed by atoms with Crippen LogP contribution >= 0.6 is 0 Å². The van der Waals surface area contributed by atoms with Gasteiger partial charge in [0.05, 0.1) is 11.0 Å². The Kier molecular flexibility index (Phi) is 2.93. The number of hydrogen-bond donors (Lipinski definition) is 0. The van der Waals surface area contributed by atoms with E-state index in [0.29, 0.717) is 0 Å². The lowest BCUT2D eigenvalue weighted by atomic mass is 10.0. The molecule has 1 aliphatic rings. The van der Waals surface area contributed by atoms with Crippen molar-refractivity contribution in [3.63, 3.8) is 0 Å². The lowest BCUT2D eigenvalue weighted by Gasteiger charge is -2.12. The molecule has 102 valence electrons. The summed E-state index contributed by atoms with van der Waals surface area (Å²) in [5.74, 6) is 1.06. The first kappa shape index (κ1) is 12.2. The Hall–Kier alpha value is -2.61. The maximum atomic E-state index is 4.87. The standard InChI is InChI=1S/C19H16N2/c1-3-9-15(10-4-1)19-20-17-13-7-8-14-18(17)21(19)16-11-5-2-6-12-16/h1-3,5-9,11-14H,4,10H2. The van der Waals surface area contributed by atoms with Crippen molar-refractivity contribution >= 4 is 16.6 Å². The van der Waals surface area contributed by atoms with Crippen LogP contribution in [0.2, 0.25) is 0 Å². The molecule has 0 unspecified atom stereocenters. The van der Waals surface area contributed by atoms with Gasteiger partial charge in [0.2, 0.25) is 0 Å². The molecule has 2 aromatic carbocycles. The van der Waals surface area contributed by atoms with E-state index in [1.807, 2.05) is 12.1 Å². The molecule has 0 bridgehead atoms. The number of rotatable bonds is 2. The topological polar surface area (TPSA) is 17.8 Å². The van der Waals surface area contributed by atoms with Gasteiger partial charge in [-0.2, -0.15) is 0 Å². The van der Waals surface area contributed by atoms with Crippen molar-refractivity contribution in [3.05, 3.63) is 78.6 Å². The number of benzene rings is 2. The molecule has 0 fully saturated rings. The Balaban J connectivity index is 2.02. The first-order valence-corrected chi connectivity index (χ1v) is 7.32. The summed E-state index contributed by atoms with van der Waals surface area (Å²) in [4.78, 5) is 4.87. The molecule has 0 radical (unpaired) electrons. The second-order valence-corrected chi connectivity index (χ2v) is 5.25. The Labute approximate surface area is 124 Å². The predicted molar refractivity (Wildman–Crippen MR) is 87.4 cm³/mol. The van der Waals surface area contributed by atoms with Crippen molar-refractivity contribution < 1.29 is 0 Å². The van der Waals surface area contributed by atoms with Gasteiger partial charge in [-0.1, -0.05) is 48.6 Å². The van der Waals surface area contributed by atoms with Crippen molar-refractivity contribution in [1.82, 2.24) is 9.55 Å². The van der Waals surface area contributed by atoms with E-state index in [0.717, 1.165) is 35.4 Å². The van der Waals surface area contributed by atoms with Crippen LogP contribution in [0.25, 0.3) is 22.3 Å². The van der Waals surface area contributed by atoms with Crippen LogP contribution in [0.5, 0.6) is 0 Å². The van der Waals surface area contributed by atoms with Gasteiger partial charge >= 0.3 is 0 Å². The molecule has 1 heterocycles. The van der Waals surface area contributed by atoms with Gasteiger partial charge in [0.25, 0.3) is 0 Å². The molecule has 0 saturated carbocycles. The van der Waals surface area contributed by atoms with Gasteiger partial charge in [-0.25, -0.2) is 4.98 Å². The second-order valence-electron chi connectivity index (χ2n) is 5.25. The van der Waals surface area contributed by atoms with E-state index in [1.165, 1.54) is 5.57 Å². The molecule has 0 amide bonds. The SMILES string of the molecule is C1=CCCC(c2nc3ccccc3n2-c2ccccc2)=C1. The molecule has 0 aliphatic heterocycles. The third-order valence-electron chi connectivity index (χ3n) is 3.88. The van der Waals surface area contributed by atoms with Gasteiger partial charge < -0.3 is 0 Å². The smallest absolute Gasteiger partial charge is 0.141 e. The number of allylic oxidation sites excluding steroid dienone is 4. The average molecular weight is 272 g/mol. The summed E-state index contributed by atoms with van der Waals surface area (Å²) in [6.45, 7) is 0. The van der Waals surface area contributed by atoms with Crippen molar-refractivity contribution in [2.45, 2.75) is 12.8 Å². The van der Waals surface area contributed by atoms with Crippen molar-refractivity contribution in [2.24, 2.45) is 0 Å².